The lowest BCUT2D eigenvalue weighted by molar-refractivity contribution is -0.122. The smallest absolute Gasteiger partial charge is 0.223 e. The molecule has 0 saturated heterocycles. The van der Waals surface area contributed by atoms with Crippen LogP contribution in [0.3, 0.4) is 0 Å². The van der Waals surface area contributed by atoms with Crippen LogP contribution in [0.4, 0.5) is 0 Å². The topological polar surface area (TPSA) is 41.1 Å². The quantitative estimate of drug-likeness (QED) is 0.569. The van der Waals surface area contributed by atoms with E-state index in [0.29, 0.717) is 12.0 Å². The van der Waals surface area contributed by atoms with Crippen LogP contribution in [-0.2, 0) is 4.79 Å². The second kappa shape index (κ2) is 6.39. The van der Waals surface area contributed by atoms with Gasteiger partial charge >= 0.3 is 0 Å². The molecule has 2 atom stereocenters. The molecule has 0 aliphatic heterocycles. The molecule has 2 N–H and O–H groups in total. The molecule has 0 aromatic carbocycles. The van der Waals surface area contributed by atoms with Crippen LogP contribution < -0.4 is 10.6 Å². The highest BCUT2D eigenvalue weighted by molar-refractivity contribution is 5.80. The van der Waals surface area contributed by atoms with Crippen molar-refractivity contribution in [3.8, 4) is 0 Å². The van der Waals surface area contributed by atoms with Gasteiger partial charge in [-0.3, -0.25) is 4.79 Å². The fraction of sp³-hybridized carbons (Fsp3) is 0.929. The first kappa shape index (κ1) is 12.9. The molecule has 0 aromatic heterocycles. The Balaban J connectivity index is 1.53. The average molecular weight is 238 g/mol. The highest BCUT2D eigenvalue weighted by atomic mass is 16.2. The number of amides is 1. The summed E-state index contributed by atoms with van der Waals surface area (Å²) in [5.41, 5.74) is 0. The molecule has 2 unspecified atom stereocenters. The summed E-state index contributed by atoms with van der Waals surface area (Å²) in [4.78, 5) is 11.4. The number of hydrogen-bond acceptors (Lipinski definition) is 2. The first-order chi connectivity index (χ1) is 8.25. The monoisotopic (exact) mass is 238 g/mol. The lowest BCUT2D eigenvalue weighted by atomic mass is 10.0. The lowest BCUT2D eigenvalue weighted by Gasteiger charge is -2.16. The Morgan fingerprint density at radius 3 is 2.65 bits per heavy atom. The van der Waals surface area contributed by atoms with Gasteiger partial charge in [-0.15, -0.1) is 0 Å². The van der Waals surface area contributed by atoms with E-state index in [0.717, 1.165) is 31.8 Å². The molecule has 0 aromatic rings. The van der Waals surface area contributed by atoms with Crippen LogP contribution in [0.15, 0.2) is 0 Å². The van der Waals surface area contributed by atoms with Gasteiger partial charge in [-0.1, -0.05) is 19.8 Å². The molecule has 0 heterocycles. The van der Waals surface area contributed by atoms with Crippen molar-refractivity contribution in [2.24, 2.45) is 11.8 Å². The summed E-state index contributed by atoms with van der Waals surface area (Å²) < 4.78 is 0. The predicted molar refractivity (Wildman–Crippen MR) is 69.8 cm³/mol. The molecule has 0 bridgehead atoms. The SMILES string of the molecule is CC1CCCC(NCCNC(=O)C2CC2)CC1. The van der Waals surface area contributed by atoms with Gasteiger partial charge < -0.3 is 10.6 Å². The minimum absolute atomic E-state index is 0.265. The third kappa shape index (κ3) is 4.66. The number of hydrogen-bond donors (Lipinski definition) is 2. The van der Waals surface area contributed by atoms with Gasteiger partial charge in [0, 0.05) is 25.0 Å². The highest BCUT2D eigenvalue weighted by Crippen LogP contribution is 2.28. The van der Waals surface area contributed by atoms with Crippen LogP contribution in [0, 0.1) is 11.8 Å². The Morgan fingerprint density at radius 2 is 1.88 bits per heavy atom. The van der Waals surface area contributed by atoms with Gasteiger partial charge in [0.2, 0.25) is 5.91 Å². The third-order valence-corrected chi connectivity index (χ3v) is 4.06. The minimum atomic E-state index is 0.265. The molecule has 98 valence electrons. The molecule has 0 spiro atoms. The second-order valence-electron chi connectivity index (χ2n) is 5.83. The lowest BCUT2D eigenvalue weighted by Crippen LogP contribution is -2.37. The van der Waals surface area contributed by atoms with Gasteiger partial charge in [-0.05, 0) is 38.0 Å². The summed E-state index contributed by atoms with van der Waals surface area (Å²) >= 11 is 0. The van der Waals surface area contributed by atoms with Gasteiger partial charge in [0.1, 0.15) is 0 Å². The van der Waals surface area contributed by atoms with E-state index in [1.807, 2.05) is 0 Å². The minimum Gasteiger partial charge on any atom is -0.355 e. The average Bonchev–Trinajstić information content (AvgIpc) is 3.12. The van der Waals surface area contributed by atoms with E-state index in [1.54, 1.807) is 0 Å². The van der Waals surface area contributed by atoms with Crippen LogP contribution in [0.25, 0.3) is 0 Å². The van der Waals surface area contributed by atoms with Crippen LogP contribution in [0.5, 0.6) is 0 Å². The molecule has 3 heteroatoms. The van der Waals surface area contributed by atoms with Crippen molar-refractivity contribution in [3.63, 3.8) is 0 Å². The van der Waals surface area contributed by atoms with E-state index in [-0.39, 0.29) is 5.91 Å². The van der Waals surface area contributed by atoms with Crippen molar-refractivity contribution in [2.45, 2.75) is 57.9 Å². The zero-order valence-electron chi connectivity index (χ0n) is 11.0. The van der Waals surface area contributed by atoms with E-state index in [1.165, 1.54) is 32.1 Å². The predicted octanol–water partition coefficient (Wildman–Crippen LogP) is 2.07. The normalized spacial score (nSPS) is 29.7. The van der Waals surface area contributed by atoms with E-state index < -0.39 is 0 Å². The summed E-state index contributed by atoms with van der Waals surface area (Å²) in [6.07, 6.45) is 8.90. The molecular formula is C14H26N2O. The first-order valence-electron chi connectivity index (χ1n) is 7.27. The molecule has 3 nitrogen and oxygen atoms in total. The zero-order valence-corrected chi connectivity index (χ0v) is 11.0. The largest absolute Gasteiger partial charge is 0.355 e. The third-order valence-electron chi connectivity index (χ3n) is 4.06. The molecule has 2 saturated carbocycles. The Kier molecular flexibility index (Phi) is 4.84. The Labute approximate surface area is 105 Å². The van der Waals surface area contributed by atoms with E-state index in [4.69, 9.17) is 0 Å². The number of rotatable bonds is 5. The standard InChI is InChI=1S/C14H26N2O/c1-11-3-2-4-13(8-5-11)15-9-10-16-14(17)12-6-7-12/h11-13,15H,2-10H2,1H3,(H,16,17). The van der Waals surface area contributed by atoms with E-state index in [2.05, 4.69) is 17.6 Å². The van der Waals surface area contributed by atoms with Crippen LogP contribution in [0.1, 0.15) is 51.9 Å². The van der Waals surface area contributed by atoms with Crippen molar-refractivity contribution in [3.05, 3.63) is 0 Å². The maximum atomic E-state index is 11.4. The van der Waals surface area contributed by atoms with Crippen LogP contribution in [-0.4, -0.2) is 25.0 Å². The molecule has 2 aliphatic carbocycles. The summed E-state index contributed by atoms with van der Waals surface area (Å²) in [6, 6.07) is 0.678. The Hall–Kier alpha value is -0.570. The molecule has 1 amide bonds. The van der Waals surface area contributed by atoms with Gasteiger partial charge in [-0.2, -0.15) is 0 Å². The summed E-state index contributed by atoms with van der Waals surface area (Å²) in [5, 5.41) is 6.59. The van der Waals surface area contributed by atoms with Crippen molar-refractivity contribution in [2.75, 3.05) is 13.1 Å². The van der Waals surface area contributed by atoms with Crippen LogP contribution in [0.2, 0.25) is 0 Å². The van der Waals surface area contributed by atoms with E-state index >= 15 is 0 Å². The summed E-state index contributed by atoms with van der Waals surface area (Å²) in [6.45, 7) is 4.08. The number of nitrogens with one attached hydrogen (secondary N) is 2. The second-order valence-corrected chi connectivity index (χ2v) is 5.83. The first-order valence-corrected chi connectivity index (χ1v) is 7.27. The molecular weight excluding hydrogens is 212 g/mol. The van der Waals surface area contributed by atoms with Gasteiger partial charge in [-0.25, -0.2) is 0 Å². The van der Waals surface area contributed by atoms with E-state index in [9.17, 15) is 4.79 Å². The fourth-order valence-corrected chi connectivity index (χ4v) is 2.64. The van der Waals surface area contributed by atoms with Crippen LogP contribution >= 0.6 is 0 Å². The molecule has 17 heavy (non-hydrogen) atoms. The van der Waals surface area contributed by atoms with Crippen molar-refractivity contribution < 1.29 is 4.79 Å². The van der Waals surface area contributed by atoms with Gasteiger partial charge in [0.05, 0.1) is 0 Å². The Bertz CT molecular complexity index is 251. The molecule has 0 radical (unpaired) electrons. The van der Waals surface area contributed by atoms with Crippen molar-refractivity contribution >= 4 is 5.91 Å². The molecule has 2 rings (SSSR count). The maximum absolute atomic E-state index is 11.4. The maximum Gasteiger partial charge on any atom is 0.223 e. The van der Waals surface area contributed by atoms with Crippen molar-refractivity contribution in [1.29, 1.82) is 0 Å². The zero-order chi connectivity index (χ0) is 12.1. The Morgan fingerprint density at radius 1 is 1.06 bits per heavy atom. The number of carbonyl (C=O) groups is 1. The fourth-order valence-electron chi connectivity index (χ4n) is 2.64. The van der Waals surface area contributed by atoms with Crippen molar-refractivity contribution in [1.82, 2.24) is 10.6 Å². The molecule has 2 aliphatic rings. The van der Waals surface area contributed by atoms with Gasteiger partial charge in [0.25, 0.3) is 0 Å². The highest BCUT2D eigenvalue weighted by Gasteiger charge is 2.29. The summed E-state index contributed by atoms with van der Waals surface area (Å²) in [7, 11) is 0. The number of carbonyl (C=O) groups excluding carboxylic acids is 1. The van der Waals surface area contributed by atoms with Gasteiger partial charge in [0.15, 0.2) is 0 Å². The molecule has 2 fully saturated rings. The summed E-state index contributed by atoms with van der Waals surface area (Å²) in [5.74, 6) is 1.51.